The molecule has 5 rings (SSSR count). The molecule has 1 aromatic carbocycles. The zero-order valence-corrected chi connectivity index (χ0v) is 16.4. The number of aromatic nitrogens is 4. The topological polar surface area (TPSA) is 79.1 Å². The van der Waals surface area contributed by atoms with Gasteiger partial charge in [-0.3, -0.25) is 0 Å². The average Bonchev–Trinajstić information content (AvgIpc) is 3.51. The monoisotopic (exact) mass is 394 g/mol. The van der Waals surface area contributed by atoms with Crippen molar-refractivity contribution in [1.82, 2.24) is 19.5 Å². The largest absolute Gasteiger partial charge is 0.400 e. The first-order chi connectivity index (χ1) is 13.9. The third-order valence-electron chi connectivity index (χ3n) is 4.59. The second-order valence-corrected chi connectivity index (χ2v) is 7.23. The Morgan fingerprint density at radius 2 is 1.82 bits per heavy atom. The highest BCUT2D eigenvalue weighted by atomic mass is 32.1. The first kappa shape index (κ1) is 18.4. The van der Waals surface area contributed by atoms with E-state index in [-0.39, 0.29) is 0 Å². The Bertz CT molecular complexity index is 1040. The number of nitrogens with zero attached hydrogens (tertiary/aromatic N) is 5. The number of rotatable bonds is 4. The summed E-state index contributed by atoms with van der Waals surface area (Å²) in [7, 11) is 1.00. The van der Waals surface area contributed by atoms with Crippen LogP contribution < -0.4 is 10.2 Å². The number of para-hydroxylation sites is 1. The zero-order valence-electron chi connectivity index (χ0n) is 15.6. The quantitative estimate of drug-likeness (QED) is 0.548. The van der Waals surface area contributed by atoms with Gasteiger partial charge in [-0.15, -0.1) is 11.3 Å². The van der Waals surface area contributed by atoms with E-state index in [0.29, 0.717) is 0 Å². The Morgan fingerprint density at radius 3 is 2.61 bits per heavy atom. The lowest BCUT2D eigenvalue weighted by atomic mass is 10.3. The number of thiophene rings is 1. The molecule has 8 heteroatoms. The Kier molecular flexibility index (Phi) is 5.50. The lowest BCUT2D eigenvalue weighted by Gasteiger charge is -2.16. The number of imidazole rings is 1. The summed E-state index contributed by atoms with van der Waals surface area (Å²) >= 11 is 1.64. The van der Waals surface area contributed by atoms with Gasteiger partial charge in [0.2, 0.25) is 5.95 Å². The van der Waals surface area contributed by atoms with Crippen LogP contribution >= 0.6 is 11.3 Å². The van der Waals surface area contributed by atoms with E-state index in [2.05, 4.69) is 38.8 Å². The van der Waals surface area contributed by atoms with Gasteiger partial charge in [0.15, 0.2) is 0 Å². The SMILES string of the molecule is CO.c1ccc(-n2cnc(Nc3nc(N4CCCC4)nc4sccc34)c2)cc1. The number of aliphatic hydroxyl groups excluding tert-OH is 1. The van der Waals surface area contributed by atoms with Crippen molar-refractivity contribution in [3.05, 3.63) is 54.3 Å². The summed E-state index contributed by atoms with van der Waals surface area (Å²) < 4.78 is 2.00. The van der Waals surface area contributed by atoms with Gasteiger partial charge in [0.1, 0.15) is 22.8 Å². The van der Waals surface area contributed by atoms with Gasteiger partial charge in [-0.25, -0.2) is 9.97 Å². The van der Waals surface area contributed by atoms with Gasteiger partial charge >= 0.3 is 0 Å². The highest BCUT2D eigenvalue weighted by Crippen LogP contribution is 2.30. The third kappa shape index (κ3) is 3.69. The van der Waals surface area contributed by atoms with E-state index in [9.17, 15) is 0 Å². The van der Waals surface area contributed by atoms with Crippen molar-refractivity contribution in [2.45, 2.75) is 12.8 Å². The zero-order chi connectivity index (χ0) is 19.3. The number of hydrogen-bond donors (Lipinski definition) is 2. The van der Waals surface area contributed by atoms with Gasteiger partial charge in [0.05, 0.1) is 11.6 Å². The second kappa shape index (κ2) is 8.37. The molecule has 0 aliphatic carbocycles. The second-order valence-electron chi connectivity index (χ2n) is 6.33. The van der Waals surface area contributed by atoms with Crippen LogP contribution in [0.1, 0.15) is 12.8 Å². The number of aliphatic hydroxyl groups is 1. The minimum absolute atomic E-state index is 0.771. The van der Waals surface area contributed by atoms with Crippen molar-refractivity contribution in [3.63, 3.8) is 0 Å². The van der Waals surface area contributed by atoms with Gasteiger partial charge < -0.3 is 19.9 Å². The fourth-order valence-electron chi connectivity index (χ4n) is 3.25. The van der Waals surface area contributed by atoms with E-state index in [0.717, 1.165) is 53.7 Å². The van der Waals surface area contributed by atoms with Crippen LogP contribution in [0.4, 0.5) is 17.6 Å². The van der Waals surface area contributed by atoms with Gasteiger partial charge in [-0.1, -0.05) is 18.2 Å². The predicted molar refractivity (Wildman–Crippen MR) is 114 cm³/mol. The maximum atomic E-state index is 7.00. The molecule has 28 heavy (non-hydrogen) atoms. The maximum Gasteiger partial charge on any atom is 0.228 e. The Balaban J connectivity index is 0.000000932. The molecule has 3 aromatic heterocycles. The molecule has 4 aromatic rings. The highest BCUT2D eigenvalue weighted by Gasteiger charge is 2.18. The van der Waals surface area contributed by atoms with Crippen molar-refractivity contribution in [1.29, 1.82) is 0 Å². The predicted octanol–water partition coefficient (Wildman–Crippen LogP) is 3.83. The Labute approximate surface area is 167 Å². The summed E-state index contributed by atoms with van der Waals surface area (Å²) in [6, 6.07) is 12.2. The van der Waals surface area contributed by atoms with Crippen molar-refractivity contribution < 1.29 is 5.11 Å². The number of nitrogens with one attached hydrogen (secondary N) is 1. The number of benzene rings is 1. The lowest BCUT2D eigenvalue weighted by molar-refractivity contribution is 0.399. The fourth-order valence-corrected chi connectivity index (χ4v) is 4.01. The fraction of sp³-hybridized carbons (Fsp3) is 0.250. The molecule has 7 nitrogen and oxygen atoms in total. The highest BCUT2D eigenvalue weighted by molar-refractivity contribution is 7.16. The molecule has 4 heterocycles. The van der Waals surface area contributed by atoms with Crippen LogP contribution in [0.25, 0.3) is 15.9 Å². The van der Waals surface area contributed by atoms with Crippen molar-refractivity contribution in [3.8, 4) is 5.69 Å². The Morgan fingerprint density at radius 1 is 1.04 bits per heavy atom. The summed E-state index contributed by atoms with van der Waals surface area (Å²) in [4.78, 5) is 17.3. The maximum absolute atomic E-state index is 7.00. The van der Waals surface area contributed by atoms with Gasteiger partial charge in [-0.05, 0) is 36.4 Å². The van der Waals surface area contributed by atoms with E-state index in [4.69, 9.17) is 15.1 Å². The molecule has 144 valence electrons. The van der Waals surface area contributed by atoms with Crippen LogP contribution in [0.2, 0.25) is 0 Å². The molecule has 1 aliphatic rings. The van der Waals surface area contributed by atoms with Crippen molar-refractivity contribution >= 4 is 39.1 Å². The molecule has 2 N–H and O–H groups in total. The normalized spacial score (nSPS) is 13.4. The van der Waals surface area contributed by atoms with Gasteiger partial charge in [-0.2, -0.15) is 4.98 Å². The summed E-state index contributed by atoms with van der Waals surface area (Å²) in [5, 5.41) is 13.5. The molecule has 0 spiro atoms. The minimum atomic E-state index is 0.771. The molecular formula is C20H22N6OS. The average molecular weight is 395 g/mol. The van der Waals surface area contributed by atoms with Crippen molar-refractivity contribution in [2.24, 2.45) is 0 Å². The molecule has 1 saturated heterocycles. The summed E-state index contributed by atoms with van der Waals surface area (Å²) in [5.41, 5.74) is 1.08. The number of anilines is 3. The molecular weight excluding hydrogens is 372 g/mol. The lowest BCUT2D eigenvalue weighted by Crippen LogP contribution is -2.20. The van der Waals surface area contributed by atoms with Crippen LogP contribution in [0.3, 0.4) is 0 Å². The van der Waals surface area contributed by atoms with Crippen LogP contribution in [0.5, 0.6) is 0 Å². The summed E-state index contributed by atoms with van der Waals surface area (Å²) in [5.74, 6) is 2.39. The summed E-state index contributed by atoms with van der Waals surface area (Å²) in [6.07, 6.45) is 6.20. The first-order valence-corrected chi connectivity index (χ1v) is 10.1. The van der Waals surface area contributed by atoms with E-state index < -0.39 is 0 Å². The summed E-state index contributed by atoms with van der Waals surface area (Å²) in [6.45, 7) is 2.05. The van der Waals surface area contributed by atoms with E-state index in [1.807, 2.05) is 35.3 Å². The molecule has 0 radical (unpaired) electrons. The molecule has 0 saturated carbocycles. The minimum Gasteiger partial charge on any atom is -0.400 e. The van der Waals surface area contributed by atoms with Gasteiger partial charge in [0, 0.05) is 25.9 Å². The van der Waals surface area contributed by atoms with Crippen LogP contribution in [0, 0.1) is 0 Å². The van der Waals surface area contributed by atoms with E-state index >= 15 is 0 Å². The molecule has 0 bridgehead atoms. The molecule has 0 unspecified atom stereocenters. The smallest absolute Gasteiger partial charge is 0.228 e. The Hall–Kier alpha value is -2.97. The van der Waals surface area contributed by atoms with Crippen LogP contribution in [0.15, 0.2) is 54.3 Å². The standard InChI is InChI=1S/C19H18N6S.CH4O/c1-2-6-14(7-3-1)25-12-16(20-13-25)21-17-15-8-11-26-18(15)23-19(22-17)24-9-4-5-10-24;1-2/h1-3,6-8,11-13H,4-5,9-10H2,(H,21,22,23);2H,1H3. The molecule has 0 atom stereocenters. The third-order valence-corrected chi connectivity index (χ3v) is 5.39. The van der Waals surface area contributed by atoms with E-state index in [1.54, 1.807) is 11.3 Å². The van der Waals surface area contributed by atoms with Crippen LogP contribution in [-0.2, 0) is 0 Å². The molecule has 1 aliphatic heterocycles. The van der Waals surface area contributed by atoms with Crippen LogP contribution in [-0.4, -0.2) is 44.8 Å². The number of fused-ring (bicyclic) bond motifs is 1. The number of hydrogen-bond acceptors (Lipinski definition) is 7. The molecule has 0 amide bonds. The first-order valence-electron chi connectivity index (χ1n) is 9.18. The van der Waals surface area contributed by atoms with E-state index in [1.165, 1.54) is 12.8 Å². The van der Waals surface area contributed by atoms with Crippen molar-refractivity contribution in [2.75, 3.05) is 30.4 Å². The van der Waals surface area contributed by atoms with Gasteiger partial charge in [0.25, 0.3) is 0 Å². The molecule has 1 fully saturated rings.